The van der Waals surface area contributed by atoms with Gasteiger partial charge >= 0.3 is 0 Å². The van der Waals surface area contributed by atoms with Crippen LogP contribution in [0.1, 0.15) is 26.3 Å². The predicted molar refractivity (Wildman–Crippen MR) is 63.8 cm³/mol. The summed E-state index contributed by atoms with van der Waals surface area (Å²) in [5, 5.41) is 8.80. The van der Waals surface area contributed by atoms with Crippen molar-refractivity contribution in [1.82, 2.24) is 0 Å². The van der Waals surface area contributed by atoms with Crippen molar-refractivity contribution in [2.75, 3.05) is 0 Å². The molecule has 0 aromatic heterocycles. The molecule has 0 N–H and O–H groups in total. The van der Waals surface area contributed by atoms with Gasteiger partial charge in [-0.15, -0.1) is 0 Å². The number of benzene rings is 1. The van der Waals surface area contributed by atoms with Crippen molar-refractivity contribution in [2.45, 2.75) is 26.9 Å². The lowest BCUT2D eigenvalue weighted by Crippen LogP contribution is -2.18. The first-order valence-corrected chi connectivity index (χ1v) is 5.69. The molecule has 0 aliphatic heterocycles. The molecule has 1 unspecified atom stereocenters. The fourth-order valence-electron chi connectivity index (χ4n) is 1.05. The van der Waals surface area contributed by atoms with E-state index in [1.54, 1.807) is 12.1 Å². The summed E-state index contributed by atoms with van der Waals surface area (Å²) in [5.74, 6) is 1.19. The highest BCUT2D eigenvalue weighted by atomic mass is 79.9. The summed E-state index contributed by atoms with van der Waals surface area (Å²) in [6, 6.07) is 7.50. The maximum Gasteiger partial charge on any atom is 0.122 e. The number of hydrogen-bond donors (Lipinski definition) is 0. The van der Waals surface area contributed by atoms with Crippen molar-refractivity contribution < 1.29 is 4.74 Å². The number of ether oxygens (including phenoxy) is 1. The zero-order valence-electron chi connectivity index (χ0n) is 9.12. The van der Waals surface area contributed by atoms with E-state index in [9.17, 15) is 0 Å². The monoisotopic (exact) mass is 267 g/mol. The summed E-state index contributed by atoms with van der Waals surface area (Å²) in [4.78, 5) is 0. The van der Waals surface area contributed by atoms with Gasteiger partial charge in [0, 0.05) is 4.47 Å². The summed E-state index contributed by atoms with van der Waals surface area (Å²) in [6.07, 6.45) is 0.144. The molecule has 15 heavy (non-hydrogen) atoms. The third kappa shape index (κ3) is 3.56. The molecule has 0 radical (unpaired) electrons. The first-order valence-electron chi connectivity index (χ1n) is 4.90. The van der Waals surface area contributed by atoms with E-state index in [0.29, 0.717) is 11.5 Å². The Bertz CT molecular complexity index is 382. The first-order chi connectivity index (χ1) is 7.02. The molecule has 0 bridgehead atoms. The third-order valence-electron chi connectivity index (χ3n) is 2.26. The normalized spacial score (nSPS) is 12.3. The van der Waals surface area contributed by atoms with Gasteiger partial charge in [-0.05, 0) is 31.0 Å². The molecule has 0 saturated heterocycles. The number of nitrogens with zero attached hydrogens (tertiary/aromatic N) is 1. The van der Waals surface area contributed by atoms with Crippen molar-refractivity contribution >= 4 is 15.9 Å². The van der Waals surface area contributed by atoms with Crippen LogP contribution in [-0.2, 0) is 0 Å². The van der Waals surface area contributed by atoms with Gasteiger partial charge in [-0.1, -0.05) is 29.8 Å². The van der Waals surface area contributed by atoms with Gasteiger partial charge in [-0.3, -0.25) is 0 Å². The van der Waals surface area contributed by atoms with Crippen LogP contribution < -0.4 is 4.74 Å². The Morgan fingerprint density at radius 3 is 2.47 bits per heavy atom. The number of nitriles is 1. The van der Waals surface area contributed by atoms with E-state index in [1.807, 2.05) is 13.0 Å². The topological polar surface area (TPSA) is 33.0 Å². The maximum atomic E-state index is 8.80. The van der Waals surface area contributed by atoms with Crippen LogP contribution in [0.4, 0.5) is 0 Å². The van der Waals surface area contributed by atoms with Crippen LogP contribution in [0.3, 0.4) is 0 Å². The minimum atomic E-state index is 0.144. The summed E-state index contributed by atoms with van der Waals surface area (Å²) >= 11 is 3.35. The fraction of sp³-hybridized carbons (Fsp3) is 0.417. The Labute approximate surface area is 99.0 Å². The first kappa shape index (κ1) is 12.1. The SMILES string of the molecule is CC(C)C(C)Oc1cc(Br)cc(C#N)c1. The van der Waals surface area contributed by atoms with Crippen LogP contribution in [0, 0.1) is 17.2 Å². The standard InChI is InChI=1S/C12H14BrNO/c1-8(2)9(3)15-12-5-10(7-14)4-11(13)6-12/h4-6,8-9H,1-3H3. The minimum Gasteiger partial charge on any atom is -0.490 e. The van der Waals surface area contributed by atoms with Gasteiger partial charge < -0.3 is 4.74 Å². The molecule has 0 spiro atoms. The molecule has 0 aliphatic rings. The Hall–Kier alpha value is -1.01. The molecule has 0 saturated carbocycles. The molecule has 0 aliphatic carbocycles. The van der Waals surface area contributed by atoms with Gasteiger partial charge in [0.2, 0.25) is 0 Å². The van der Waals surface area contributed by atoms with E-state index in [2.05, 4.69) is 35.8 Å². The Balaban J connectivity index is 2.87. The molecule has 0 fully saturated rings. The van der Waals surface area contributed by atoms with Gasteiger partial charge in [0.1, 0.15) is 5.75 Å². The highest BCUT2D eigenvalue weighted by Gasteiger charge is 2.09. The smallest absolute Gasteiger partial charge is 0.122 e. The Morgan fingerprint density at radius 2 is 1.93 bits per heavy atom. The van der Waals surface area contributed by atoms with Crippen molar-refractivity contribution in [2.24, 2.45) is 5.92 Å². The summed E-state index contributed by atoms with van der Waals surface area (Å²) in [6.45, 7) is 6.24. The lowest BCUT2D eigenvalue weighted by Gasteiger charge is -2.18. The van der Waals surface area contributed by atoms with E-state index < -0.39 is 0 Å². The molecule has 80 valence electrons. The Kier molecular flexibility index (Phi) is 4.16. The molecule has 1 rings (SSSR count). The molecule has 1 aromatic rings. The lowest BCUT2D eigenvalue weighted by atomic mass is 10.1. The molecular formula is C12H14BrNO. The second-order valence-corrected chi connectivity index (χ2v) is 4.77. The molecule has 0 heterocycles. The van der Waals surface area contributed by atoms with E-state index in [1.165, 1.54) is 0 Å². The zero-order valence-corrected chi connectivity index (χ0v) is 10.7. The lowest BCUT2D eigenvalue weighted by molar-refractivity contribution is 0.170. The van der Waals surface area contributed by atoms with Gasteiger partial charge in [0.15, 0.2) is 0 Å². The van der Waals surface area contributed by atoms with Crippen molar-refractivity contribution in [3.63, 3.8) is 0 Å². The average molecular weight is 268 g/mol. The largest absolute Gasteiger partial charge is 0.490 e. The fourth-order valence-corrected chi connectivity index (χ4v) is 1.52. The minimum absolute atomic E-state index is 0.144. The average Bonchev–Trinajstić information content (AvgIpc) is 2.16. The maximum absolute atomic E-state index is 8.80. The van der Waals surface area contributed by atoms with Crippen LogP contribution in [0.2, 0.25) is 0 Å². The van der Waals surface area contributed by atoms with Crippen molar-refractivity contribution in [1.29, 1.82) is 5.26 Å². The van der Waals surface area contributed by atoms with Crippen LogP contribution in [0.5, 0.6) is 5.75 Å². The number of rotatable bonds is 3. The quantitative estimate of drug-likeness (QED) is 0.836. The molecule has 0 amide bonds. The van der Waals surface area contributed by atoms with Gasteiger partial charge in [-0.25, -0.2) is 0 Å². The molecule has 3 heteroatoms. The molecule has 1 aromatic carbocycles. The summed E-state index contributed by atoms with van der Waals surface area (Å²) in [7, 11) is 0. The van der Waals surface area contributed by atoms with Crippen LogP contribution in [0.15, 0.2) is 22.7 Å². The zero-order chi connectivity index (χ0) is 11.4. The van der Waals surface area contributed by atoms with Gasteiger partial charge in [0.25, 0.3) is 0 Å². The second-order valence-electron chi connectivity index (χ2n) is 3.85. The third-order valence-corrected chi connectivity index (χ3v) is 2.72. The van der Waals surface area contributed by atoms with Crippen LogP contribution in [-0.4, -0.2) is 6.10 Å². The van der Waals surface area contributed by atoms with Crippen LogP contribution >= 0.6 is 15.9 Å². The van der Waals surface area contributed by atoms with Crippen molar-refractivity contribution in [3.05, 3.63) is 28.2 Å². The van der Waals surface area contributed by atoms with Gasteiger partial charge in [-0.2, -0.15) is 5.26 Å². The van der Waals surface area contributed by atoms with E-state index >= 15 is 0 Å². The molecular weight excluding hydrogens is 254 g/mol. The number of halogens is 1. The Morgan fingerprint density at radius 1 is 1.27 bits per heavy atom. The highest BCUT2D eigenvalue weighted by Crippen LogP contribution is 2.23. The van der Waals surface area contributed by atoms with Crippen LogP contribution in [0.25, 0.3) is 0 Å². The van der Waals surface area contributed by atoms with E-state index in [4.69, 9.17) is 10.00 Å². The molecule has 2 nitrogen and oxygen atoms in total. The highest BCUT2D eigenvalue weighted by molar-refractivity contribution is 9.10. The van der Waals surface area contributed by atoms with E-state index in [0.717, 1.165) is 10.2 Å². The summed E-state index contributed by atoms with van der Waals surface area (Å²) in [5.41, 5.74) is 0.607. The second kappa shape index (κ2) is 5.18. The van der Waals surface area contributed by atoms with Crippen molar-refractivity contribution in [3.8, 4) is 11.8 Å². The number of hydrogen-bond acceptors (Lipinski definition) is 2. The molecule has 1 atom stereocenters. The summed E-state index contributed by atoms with van der Waals surface area (Å²) < 4.78 is 6.59. The van der Waals surface area contributed by atoms with E-state index in [-0.39, 0.29) is 6.10 Å². The van der Waals surface area contributed by atoms with Gasteiger partial charge in [0.05, 0.1) is 17.7 Å². The predicted octanol–water partition coefficient (Wildman–Crippen LogP) is 3.74.